The van der Waals surface area contributed by atoms with E-state index in [0.717, 1.165) is 42.8 Å². The van der Waals surface area contributed by atoms with Crippen LogP contribution in [0.25, 0.3) is 11.3 Å². The highest BCUT2D eigenvalue weighted by Crippen LogP contribution is 2.45. The van der Waals surface area contributed by atoms with E-state index in [1.165, 1.54) is 32.1 Å². The lowest BCUT2D eigenvalue weighted by atomic mass is 9.89. The summed E-state index contributed by atoms with van der Waals surface area (Å²) < 4.78 is 43.5. The lowest BCUT2D eigenvalue weighted by Crippen LogP contribution is -2.40. The smallest absolute Gasteiger partial charge is 0.373 e. The number of ether oxygens (including phenoxy) is 2. The van der Waals surface area contributed by atoms with Gasteiger partial charge in [0.05, 0.1) is 11.3 Å². The number of carbonyl (C=O) groups is 1. The average Bonchev–Trinajstić information content (AvgIpc) is 3.20. The first kappa shape index (κ1) is 30.8. The molecule has 11 heteroatoms. The van der Waals surface area contributed by atoms with Crippen LogP contribution in [-0.2, 0) is 26.2 Å². The number of nitrogens with one attached hydrogen (secondary N) is 2. The van der Waals surface area contributed by atoms with Gasteiger partial charge in [-0.2, -0.15) is 9.59 Å². The normalized spacial score (nSPS) is 17.6. The van der Waals surface area contributed by atoms with Gasteiger partial charge in [-0.15, -0.1) is 0 Å². The summed E-state index contributed by atoms with van der Waals surface area (Å²) in [7, 11) is -3.84. The molecule has 224 valence electrons. The van der Waals surface area contributed by atoms with E-state index in [0.29, 0.717) is 23.8 Å². The van der Waals surface area contributed by atoms with Crippen molar-refractivity contribution in [2.45, 2.75) is 102 Å². The van der Waals surface area contributed by atoms with Gasteiger partial charge in [0.15, 0.2) is 11.5 Å². The molecule has 2 fully saturated rings. The number of sulfonamides is 1. The fourth-order valence-corrected chi connectivity index (χ4v) is 7.32. The van der Waals surface area contributed by atoms with Crippen LogP contribution in [0.4, 0.5) is 0 Å². The van der Waals surface area contributed by atoms with Gasteiger partial charge in [-0.3, -0.25) is 4.79 Å². The maximum absolute atomic E-state index is 13.3. The molecule has 3 aliphatic rings. The monoisotopic (exact) mass is 587 g/mol. The third-order valence-electron chi connectivity index (χ3n) is 7.88. The molecular weight excluding hydrogens is 546 g/mol. The number of rotatable bonds is 7. The molecule has 2 N–H and O–H groups in total. The number of fused-ring (bicyclic) bond motifs is 1. The highest BCUT2D eigenvalue weighted by Gasteiger charge is 2.33. The van der Waals surface area contributed by atoms with E-state index in [4.69, 9.17) is 19.1 Å². The van der Waals surface area contributed by atoms with E-state index in [2.05, 4.69) is 14.6 Å². The van der Waals surface area contributed by atoms with Crippen LogP contribution in [0.1, 0.15) is 88.2 Å². The molecular formula is C30H41N3O7S. The zero-order valence-electron chi connectivity index (χ0n) is 24.4. The molecule has 1 aromatic carbocycles. The summed E-state index contributed by atoms with van der Waals surface area (Å²) in [6, 6.07) is 5.58. The number of amides is 1. The number of hydrogen-bond acceptors (Lipinski definition) is 7. The largest absolute Gasteiger partial charge is 0.485 e. The Hall–Kier alpha value is -3.14. The fourth-order valence-electron chi connectivity index (χ4n) is 5.76. The number of carbonyl (C=O) groups excluding carboxylic acids is 3. The first-order valence-corrected chi connectivity index (χ1v) is 15.9. The van der Waals surface area contributed by atoms with Crippen molar-refractivity contribution < 1.29 is 32.3 Å². The van der Waals surface area contributed by atoms with E-state index in [1.807, 2.05) is 13.0 Å². The summed E-state index contributed by atoms with van der Waals surface area (Å²) in [5.74, 6) is 1.14. The molecule has 2 aromatic rings. The van der Waals surface area contributed by atoms with Crippen molar-refractivity contribution in [3.63, 3.8) is 0 Å². The minimum Gasteiger partial charge on any atom is -0.485 e. The molecule has 1 aliphatic heterocycles. The Bertz CT molecular complexity index is 1390. The van der Waals surface area contributed by atoms with Gasteiger partial charge in [0.2, 0.25) is 10.0 Å². The molecule has 2 saturated carbocycles. The van der Waals surface area contributed by atoms with Gasteiger partial charge < -0.3 is 19.4 Å². The van der Waals surface area contributed by atoms with Gasteiger partial charge in [-0.1, -0.05) is 19.3 Å². The maximum Gasteiger partial charge on any atom is 0.373 e. The van der Waals surface area contributed by atoms with Gasteiger partial charge in [0.1, 0.15) is 18.1 Å². The van der Waals surface area contributed by atoms with Crippen molar-refractivity contribution in [2.24, 2.45) is 5.92 Å². The van der Waals surface area contributed by atoms with Crippen molar-refractivity contribution in [1.82, 2.24) is 14.6 Å². The summed E-state index contributed by atoms with van der Waals surface area (Å²) in [5, 5.41) is 3.19. The number of hydrogen-bond donors (Lipinski definition) is 2. The second-order valence-electron chi connectivity index (χ2n) is 12.1. The van der Waals surface area contributed by atoms with Crippen LogP contribution in [0, 0.1) is 12.8 Å². The second-order valence-corrected chi connectivity index (χ2v) is 13.8. The first-order valence-electron chi connectivity index (χ1n) is 14.4. The van der Waals surface area contributed by atoms with Crippen molar-refractivity contribution in [1.29, 1.82) is 0 Å². The average molecular weight is 588 g/mol. The van der Waals surface area contributed by atoms with Gasteiger partial charge in [-0.05, 0) is 83.9 Å². The Morgan fingerprint density at radius 3 is 2.22 bits per heavy atom. The van der Waals surface area contributed by atoms with Gasteiger partial charge in [-0.25, -0.2) is 13.1 Å². The Kier molecular flexibility index (Phi) is 9.62. The molecule has 0 atom stereocenters. The molecule has 10 nitrogen and oxygen atoms in total. The maximum atomic E-state index is 13.3. The molecule has 0 spiro atoms. The third kappa shape index (κ3) is 7.20. The molecule has 0 radical (unpaired) electrons. The van der Waals surface area contributed by atoms with Crippen LogP contribution in [-0.4, -0.2) is 49.8 Å². The van der Waals surface area contributed by atoms with Gasteiger partial charge >= 0.3 is 6.15 Å². The predicted molar refractivity (Wildman–Crippen MR) is 152 cm³/mol. The number of nitrogens with zero attached hydrogens (tertiary/aromatic N) is 1. The third-order valence-corrected chi connectivity index (χ3v) is 9.66. The molecule has 1 amide bonds. The predicted octanol–water partition coefficient (Wildman–Crippen LogP) is 4.59. The van der Waals surface area contributed by atoms with Crippen LogP contribution >= 0.6 is 0 Å². The number of benzene rings is 1. The summed E-state index contributed by atoms with van der Waals surface area (Å²) in [4.78, 5) is 29.6. The highest BCUT2D eigenvalue weighted by atomic mass is 32.2. The second kappa shape index (κ2) is 12.8. The van der Waals surface area contributed by atoms with Crippen molar-refractivity contribution >= 4 is 22.1 Å². The molecule has 1 aromatic heterocycles. The molecule has 2 aliphatic carbocycles. The molecule has 0 bridgehead atoms. The van der Waals surface area contributed by atoms with Gasteiger partial charge in [0.25, 0.3) is 5.91 Å². The zero-order valence-corrected chi connectivity index (χ0v) is 25.2. The van der Waals surface area contributed by atoms with E-state index in [9.17, 15) is 13.2 Å². The Morgan fingerprint density at radius 2 is 1.63 bits per heavy atom. The van der Waals surface area contributed by atoms with E-state index >= 15 is 0 Å². The SMILES string of the molecule is Cc1c(C(=O)NC2CCC2)cc(-c2ccc(S(=O)(=O)NC(C)(C)C)c3c2OCCO3)n1CC1CCCCC1.O=C=O. The van der Waals surface area contributed by atoms with E-state index in [1.54, 1.807) is 32.9 Å². The zero-order chi connectivity index (χ0) is 29.8. The molecule has 0 unspecified atom stereocenters. The minimum atomic E-state index is -3.84. The van der Waals surface area contributed by atoms with E-state index in [-0.39, 0.29) is 35.4 Å². The quantitative estimate of drug-likeness (QED) is 0.484. The highest BCUT2D eigenvalue weighted by molar-refractivity contribution is 7.89. The van der Waals surface area contributed by atoms with Crippen molar-refractivity contribution in [3.05, 3.63) is 29.5 Å². The summed E-state index contributed by atoms with van der Waals surface area (Å²) >= 11 is 0. The Morgan fingerprint density at radius 1 is 1.00 bits per heavy atom. The summed E-state index contributed by atoms with van der Waals surface area (Å²) in [6.45, 7) is 8.84. The van der Waals surface area contributed by atoms with Gasteiger partial charge in [0, 0.05) is 29.4 Å². The van der Waals surface area contributed by atoms with Crippen LogP contribution in [0.15, 0.2) is 23.1 Å². The summed E-state index contributed by atoms with van der Waals surface area (Å²) in [5.41, 5.74) is 2.56. The first-order chi connectivity index (χ1) is 19.4. The van der Waals surface area contributed by atoms with Crippen molar-refractivity contribution in [3.8, 4) is 22.8 Å². The minimum absolute atomic E-state index is 0.0459. The van der Waals surface area contributed by atoms with Crippen LogP contribution in [0.3, 0.4) is 0 Å². The fraction of sp³-hybridized carbons (Fsp3) is 0.600. The Balaban J connectivity index is 0.00000124. The van der Waals surface area contributed by atoms with Crippen LogP contribution < -0.4 is 19.5 Å². The lowest BCUT2D eigenvalue weighted by Gasteiger charge is -2.27. The topological polar surface area (TPSA) is 133 Å². The Labute approximate surface area is 242 Å². The molecule has 0 saturated heterocycles. The van der Waals surface area contributed by atoms with E-state index < -0.39 is 15.6 Å². The number of aromatic nitrogens is 1. The molecule has 2 heterocycles. The summed E-state index contributed by atoms with van der Waals surface area (Å²) in [6.07, 6.45) is 9.54. The molecule has 5 rings (SSSR count). The van der Waals surface area contributed by atoms with Crippen molar-refractivity contribution in [2.75, 3.05) is 13.2 Å². The lowest BCUT2D eigenvalue weighted by molar-refractivity contribution is -0.191. The standard InChI is InChI=1S/C29H41N3O5S.CO2/c1-19-23(28(33)30-21-11-8-12-21)17-24(32(19)18-20-9-6-5-7-10-20)22-13-14-25(27-26(22)36-15-16-37-27)38(34,35)31-29(2,3)4;2-1-3/h13-14,17,20-21,31H,5-12,15-16,18H2,1-4H3,(H,30,33);. The molecule has 41 heavy (non-hydrogen) atoms. The van der Waals surface area contributed by atoms with Crippen LogP contribution in [0.5, 0.6) is 11.5 Å². The van der Waals surface area contributed by atoms with Crippen LogP contribution in [0.2, 0.25) is 0 Å².